The smallest absolute Gasteiger partial charge is 0.336 e. The second kappa shape index (κ2) is 10.9. The van der Waals surface area contributed by atoms with Gasteiger partial charge in [0, 0.05) is 38.7 Å². The molecule has 0 amide bonds. The summed E-state index contributed by atoms with van der Waals surface area (Å²) in [6, 6.07) is 14.5. The summed E-state index contributed by atoms with van der Waals surface area (Å²) in [6.07, 6.45) is 5.58. The molecule has 0 atom stereocenters. The molecule has 0 saturated carbocycles. The number of benzene rings is 3. The first-order valence-electron chi connectivity index (χ1n) is 11.5. The zero-order chi connectivity index (χ0) is 24.8. The molecule has 4 rings (SSSR count). The Balaban J connectivity index is 1.66. The number of carboxylic acid groups (broad SMARTS) is 1. The normalized spacial score (nSPS) is 15.4. The Kier molecular flexibility index (Phi) is 7.70. The monoisotopic (exact) mass is 478 g/mol. The quantitative estimate of drug-likeness (QED) is 0.425. The highest BCUT2D eigenvalue weighted by atomic mass is 16.5. The van der Waals surface area contributed by atoms with E-state index in [-0.39, 0.29) is 11.2 Å². The maximum absolute atomic E-state index is 12.0. The third kappa shape index (κ3) is 5.32. The van der Waals surface area contributed by atoms with Crippen LogP contribution in [0.3, 0.4) is 0 Å². The Morgan fingerprint density at radius 1 is 1.06 bits per heavy atom. The maximum atomic E-state index is 12.0. The van der Waals surface area contributed by atoms with E-state index in [1.807, 2.05) is 54.6 Å². The van der Waals surface area contributed by atoms with Crippen LogP contribution >= 0.6 is 0 Å². The van der Waals surface area contributed by atoms with Crippen molar-refractivity contribution < 1.29 is 34.0 Å². The number of carboxylic acids is 1. The van der Waals surface area contributed by atoms with Crippen molar-refractivity contribution in [2.24, 2.45) is 0 Å². The summed E-state index contributed by atoms with van der Waals surface area (Å²) in [5, 5.41) is 21.4. The molecular weight excluding hydrogens is 448 g/mol. The molecule has 1 saturated heterocycles. The molecular formula is C28H30O7. The molecule has 0 bridgehead atoms. The van der Waals surface area contributed by atoms with Crippen LogP contribution in [0.1, 0.15) is 28.8 Å². The molecule has 35 heavy (non-hydrogen) atoms. The van der Waals surface area contributed by atoms with Gasteiger partial charge in [0.15, 0.2) is 0 Å². The van der Waals surface area contributed by atoms with Crippen LogP contribution in [0.4, 0.5) is 0 Å². The van der Waals surface area contributed by atoms with Crippen LogP contribution in [-0.2, 0) is 16.1 Å². The minimum atomic E-state index is -1.10. The molecule has 1 heterocycles. The van der Waals surface area contributed by atoms with Crippen LogP contribution in [0.5, 0.6) is 11.5 Å². The van der Waals surface area contributed by atoms with Crippen LogP contribution in [0.2, 0.25) is 0 Å². The Bertz CT molecular complexity index is 1210. The van der Waals surface area contributed by atoms with Gasteiger partial charge in [-0.2, -0.15) is 0 Å². The third-order valence-electron chi connectivity index (χ3n) is 6.50. The number of fused-ring (bicyclic) bond motifs is 1. The number of hydrogen-bond donors (Lipinski definition) is 2. The topological polar surface area (TPSA) is 94.5 Å². The van der Waals surface area contributed by atoms with Crippen molar-refractivity contribution in [3.63, 3.8) is 0 Å². The zero-order valence-electron chi connectivity index (χ0n) is 20.0. The van der Waals surface area contributed by atoms with E-state index in [1.165, 1.54) is 0 Å². The number of hydrogen-bond acceptors (Lipinski definition) is 6. The first-order chi connectivity index (χ1) is 17.0. The van der Waals surface area contributed by atoms with E-state index < -0.39 is 12.6 Å². The molecule has 1 fully saturated rings. The Labute approximate surface area is 204 Å². The molecule has 0 aliphatic carbocycles. The van der Waals surface area contributed by atoms with Gasteiger partial charge in [-0.1, -0.05) is 24.3 Å². The van der Waals surface area contributed by atoms with Crippen molar-refractivity contribution in [2.45, 2.75) is 25.0 Å². The highest BCUT2D eigenvalue weighted by molar-refractivity contribution is 6.05. The Morgan fingerprint density at radius 2 is 1.77 bits per heavy atom. The number of aromatic carboxylic acids is 1. The van der Waals surface area contributed by atoms with Gasteiger partial charge >= 0.3 is 5.97 Å². The highest BCUT2D eigenvalue weighted by Crippen LogP contribution is 2.37. The predicted octanol–water partition coefficient (Wildman–Crippen LogP) is 4.84. The third-order valence-corrected chi connectivity index (χ3v) is 6.50. The average Bonchev–Trinajstić information content (AvgIpc) is 2.90. The van der Waals surface area contributed by atoms with Crippen molar-refractivity contribution in [1.29, 1.82) is 0 Å². The summed E-state index contributed by atoms with van der Waals surface area (Å²) >= 11 is 0. The molecule has 184 valence electrons. The fourth-order valence-corrected chi connectivity index (χ4v) is 4.52. The summed E-state index contributed by atoms with van der Waals surface area (Å²) in [7, 11) is 3.30. The number of rotatable bonds is 9. The number of carbonyl (C=O) groups is 1. The van der Waals surface area contributed by atoms with E-state index in [1.54, 1.807) is 20.3 Å². The van der Waals surface area contributed by atoms with Gasteiger partial charge in [-0.15, -0.1) is 0 Å². The number of aliphatic hydroxyl groups excluding tert-OH is 1. The Morgan fingerprint density at radius 3 is 2.40 bits per heavy atom. The van der Waals surface area contributed by atoms with Gasteiger partial charge in [0.2, 0.25) is 0 Å². The maximum Gasteiger partial charge on any atom is 0.336 e. The molecule has 7 nitrogen and oxygen atoms in total. The summed E-state index contributed by atoms with van der Waals surface area (Å²) in [6.45, 7) is 1.29. The minimum absolute atomic E-state index is 0.0596. The molecule has 0 radical (unpaired) electrons. The summed E-state index contributed by atoms with van der Waals surface area (Å²) in [5.41, 5.74) is 1.58. The van der Waals surface area contributed by atoms with Crippen molar-refractivity contribution in [3.8, 4) is 22.6 Å². The lowest BCUT2D eigenvalue weighted by Crippen LogP contribution is -2.36. The van der Waals surface area contributed by atoms with Gasteiger partial charge in [-0.25, -0.2) is 4.79 Å². The molecule has 1 aliphatic heterocycles. The fourth-order valence-electron chi connectivity index (χ4n) is 4.52. The van der Waals surface area contributed by atoms with Crippen LogP contribution in [0.15, 0.2) is 60.7 Å². The van der Waals surface area contributed by atoms with Crippen LogP contribution in [-0.4, -0.2) is 55.8 Å². The van der Waals surface area contributed by atoms with Gasteiger partial charge in [0.1, 0.15) is 18.1 Å². The van der Waals surface area contributed by atoms with Gasteiger partial charge in [-0.3, -0.25) is 0 Å². The first kappa shape index (κ1) is 24.7. The summed E-state index contributed by atoms with van der Waals surface area (Å²) < 4.78 is 22.3. The number of ether oxygens (including phenoxy) is 4. The highest BCUT2D eigenvalue weighted by Gasteiger charge is 2.29. The lowest BCUT2D eigenvalue weighted by Gasteiger charge is -2.33. The molecule has 0 unspecified atom stereocenters. The van der Waals surface area contributed by atoms with E-state index in [4.69, 9.17) is 18.9 Å². The van der Waals surface area contributed by atoms with E-state index in [0.29, 0.717) is 47.8 Å². The molecule has 7 heteroatoms. The van der Waals surface area contributed by atoms with Crippen molar-refractivity contribution in [3.05, 3.63) is 71.8 Å². The van der Waals surface area contributed by atoms with E-state index in [9.17, 15) is 15.0 Å². The zero-order valence-corrected chi connectivity index (χ0v) is 20.0. The van der Waals surface area contributed by atoms with Crippen LogP contribution in [0.25, 0.3) is 21.9 Å². The summed E-state index contributed by atoms with van der Waals surface area (Å²) in [4.78, 5) is 12.0. The molecule has 0 aromatic heterocycles. The lowest BCUT2D eigenvalue weighted by atomic mass is 9.89. The first-order valence-corrected chi connectivity index (χ1v) is 11.5. The molecule has 0 spiro atoms. The summed E-state index contributed by atoms with van der Waals surface area (Å²) in [5.74, 6) is 0.216. The minimum Gasteiger partial charge on any atom is -0.497 e. The van der Waals surface area contributed by atoms with Gasteiger partial charge in [0.25, 0.3) is 0 Å². The standard InChI is InChI=1S/C28H30O7/c1-32-21-6-4-19(5-7-21)26-23-9-8-22(16-20(23)17-24(27(30)31)25(26)18-29)35-13-3-10-28(33-2)11-14-34-15-12-28/h3-10,16-17,29H,11-15,18H2,1-2H3,(H,30,31)/b10-3+. The Hall–Kier alpha value is -3.39. The molecule has 2 N–H and O–H groups in total. The van der Waals surface area contributed by atoms with E-state index in [2.05, 4.69) is 0 Å². The van der Waals surface area contributed by atoms with Crippen molar-refractivity contribution >= 4 is 16.7 Å². The average molecular weight is 479 g/mol. The van der Waals surface area contributed by atoms with E-state index in [0.717, 1.165) is 23.8 Å². The number of methoxy groups -OCH3 is 2. The second-order valence-corrected chi connectivity index (χ2v) is 8.45. The van der Waals surface area contributed by atoms with Crippen LogP contribution in [0, 0.1) is 0 Å². The second-order valence-electron chi connectivity index (χ2n) is 8.45. The number of aliphatic hydroxyl groups is 1. The molecule has 3 aromatic carbocycles. The van der Waals surface area contributed by atoms with Crippen molar-refractivity contribution in [1.82, 2.24) is 0 Å². The van der Waals surface area contributed by atoms with Gasteiger partial charge in [0.05, 0.1) is 24.9 Å². The van der Waals surface area contributed by atoms with Crippen LogP contribution < -0.4 is 9.47 Å². The SMILES string of the molecule is COc1ccc(-c2c(CO)c(C(=O)O)cc3cc(OC/C=C/C4(OC)CCOCC4)ccc23)cc1. The van der Waals surface area contributed by atoms with Crippen molar-refractivity contribution in [2.75, 3.05) is 34.0 Å². The van der Waals surface area contributed by atoms with Gasteiger partial charge in [-0.05, 0) is 58.3 Å². The molecule has 3 aromatic rings. The predicted molar refractivity (Wildman–Crippen MR) is 133 cm³/mol. The van der Waals surface area contributed by atoms with Gasteiger partial charge < -0.3 is 29.2 Å². The lowest BCUT2D eigenvalue weighted by molar-refractivity contribution is -0.0588. The fraction of sp³-hybridized carbons (Fsp3) is 0.321. The van der Waals surface area contributed by atoms with E-state index >= 15 is 0 Å². The largest absolute Gasteiger partial charge is 0.497 e. The molecule has 1 aliphatic rings.